The summed E-state index contributed by atoms with van der Waals surface area (Å²) in [7, 11) is 0. The number of benzene rings is 1. The zero-order valence-corrected chi connectivity index (χ0v) is 12.9. The number of rotatable bonds is 3. The summed E-state index contributed by atoms with van der Waals surface area (Å²) in [6, 6.07) is 6.57. The van der Waals surface area contributed by atoms with E-state index in [-0.39, 0.29) is 17.5 Å². The summed E-state index contributed by atoms with van der Waals surface area (Å²) in [5.41, 5.74) is 1.43. The van der Waals surface area contributed by atoms with Crippen LogP contribution in [0.3, 0.4) is 0 Å². The molecule has 0 fully saturated rings. The van der Waals surface area contributed by atoms with Crippen LogP contribution < -0.4 is 10.7 Å². The fraction of sp³-hybridized carbons (Fsp3) is 0.188. The number of aryl methyl sites for hydroxylation is 2. The van der Waals surface area contributed by atoms with Crippen molar-refractivity contribution in [3.8, 4) is 0 Å². The first kappa shape index (κ1) is 14.5. The van der Waals surface area contributed by atoms with Crippen LogP contribution in [-0.2, 0) is 6.42 Å². The number of nitrogens with zero attached hydrogens (tertiary/aromatic N) is 1. The number of carboxylic acid groups (broad SMARTS) is 1. The van der Waals surface area contributed by atoms with Gasteiger partial charge in [-0.05, 0) is 25.0 Å². The number of carbonyl (C=O) groups excluding carboxylic acids is 1. The van der Waals surface area contributed by atoms with E-state index >= 15 is 0 Å². The zero-order chi connectivity index (χ0) is 15.9. The highest BCUT2D eigenvalue weighted by atomic mass is 32.1. The van der Waals surface area contributed by atoms with Crippen LogP contribution in [0.4, 0.5) is 0 Å². The minimum absolute atomic E-state index is 0.115. The molecule has 0 aliphatic heterocycles. The maximum atomic E-state index is 12.2. The lowest BCUT2D eigenvalue weighted by atomic mass is 10.0. The first-order valence-corrected chi connectivity index (χ1v) is 7.57. The Kier molecular flexibility index (Phi) is 3.54. The first-order chi connectivity index (χ1) is 10.5. The van der Waals surface area contributed by atoms with Crippen molar-refractivity contribution >= 4 is 27.5 Å². The number of hydrogen-bond acceptors (Lipinski definition) is 5. The Morgan fingerprint density at radius 3 is 2.77 bits per heavy atom. The van der Waals surface area contributed by atoms with Crippen LogP contribution in [0.15, 0.2) is 29.1 Å². The van der Waals surface area contributed by atoms with Gasteiger partial charge in [0.05, 0.1) is 11.4 Å². The molecule has 0 radical (unpaired) electrons. The van der Waals surface area contributed by atoms with E-state index in [1.807, 2.05) is 13.8 Å². The molecule has 1 aromatic carbocycles. The van der Waals surface area contributed by atoms with Crippen molar-refractivity contribution in [2.45, 2.75) is 20.3 Å². The molecule has 0 amide bonds. The number of thiophene rings is 1. The van der Waals surface area contributed by atoms with Gasteiger partial charge in [0, 0.05) is 16.9 Å². The van der Waals surface area contributed by atoms with Crippen LogP contribution in [0.25, 0.3) is 10.2 Å². The van der Waals surface area contributed by atoms with E-state index in [1.54, 1.807) is 18.2 Å². The molecule has 2 heterocycles. The molecule has 22 heavy (non-hydrogen) atoms. The SMILES string of the molecule is Cc1sc2nc(Cc3ccccc3C(=O)[O-])[nH]c(=O)c2c1C. The minimum Gasteiger partial charge on any atom is -0.545 e. The number of nitrogens with one attached hydrogen (secondary N) is 1. The third-order valence-corrected chi connectivity index (χ3v) is 4.78. The van der Waals surface area contributed by atoms with Gasteiger partial charge in [0.1, 0.15) is 10.7 Å². The fourth-order valence-corrected chi connectivity index (χ4v) is 3.49. The van der Waals surface area contributed by atoms with E-state index in [2.05, 4.69) is 9.97 Å². The van der Waals surface area contributed by atoms with Gasteiger partial charge in [0.25, 0.3) is 5.56 Å². The van der Waals surface area contributed by atoms with Gasteiger partial charge in [-0.15, -0.1) is 11.3 Å². The molecule has 6 heteroatoms. The quantitative estimate of drug-likeness (QED) is 0.795. The van der Waals surface area contributed by atoms with Crippen molar-refractivity contribution in [3.05, 3.63) is 62.0 Å². The summed E-state index contributed by atoms with van der Waals surface area (Å²) in [6.07, 6.45) is 0.241. The number of aromatic nitrogens is 2. The van der Waals surface area contributed by atoms with Crippen molar-refractivity contribution in [2.24, 2.45) is 0 Å². The number of carboxylic acids is 1. The van der Waals surface area contributed by atoms with Gasteiger partial charge in [-0.1, -0.05) is 24.3 Å². The second-order valence-electron chi connectivity index (χ2n) is 5.10. The van der Waals surface area contributed by atoms with Crippen molar-refractivity contribution in [1.82, 2.24) is 9.97 Å². The van der Waals surface area contributed by atoms with Crippen molar-refractivity contribution < 1.29 is 9.90 Å². The highest BCUT2D eigenvalue weighted by Gasteiger charge is 2.13. The molecule has 0 aliphatic carbocycles. The monoisotopic (exact) mass is 313 g/mol. The van der Waals surface area contributed by atoms with Gasteiger partial charge in [-0.3, -0.25) is 4.79 Å². The molecular formula is C16H13N2O3S-. The Morgan fingerprint density at radius 2 is 2.05 bits per heavy atom. The average Bonchev–Trinajstić information content (AvgIpc) is 2.74. The van der Waals surface area contributed by atoms with Crippen LogP contribution in [0.5, 0.6) is 0 Å². The smallest absolute Gasteiger partial charge is 0.259 e. The van der Waals surface area contributed by atoms with Crippen LogP contribution in [-0.4, -0.2) is 15.9 Å². The van der Waals surface area contributed by atoms with Crippen molar-refractivity contribution in [2.75, 3.05) is 0 Å². The molecule has 0 unspecified atom stereocenters. The van der Waals surface area contributed by atoms with Gasteiger partial charge in [0.15, 0.2) is 0 Å². The predicted octanol–water partition coefficient (Wildman–Crippen LogP) is 1.56. The summed E-state index contributed by atoms with van der Waals surface area (Å²) >= 11 is 1.47. The lowest BCUT2D eigenvalue weighted by molar-refractivity contribution is -0.255. The van der Waals surface area contributed by atoms with Gasteiger partial charge < -0.3 is 14.9 Å². The van der Waals surface area contributed by atoms with E-state index in [0.717, 1.165) is 10.4 Å². The summed E-state index contributed by atoms with van der Waals surface area (Å²) < 4.78 is 0. The van der Waals surface area contributed by atoms with Crippen LogP contribution >= 0.6 is 11.3 Å². The van der Waals surface area contributed by atoms with Crippen LogP contribution in [0, 0.1) is 13.8 Å². The molecule has 0 saturated carbocycles. The van der Waals surface area contributed by atoms with Gasteiger partial charge in [-0.25, -0.2) is 4.98 Å². The van der Waals surface area contributed by atoms with E-state index in [4.69, 9.17) is 0 Å². The molecule has 0 spiro atoms. The lowest BCUT2D eigenvalue weighted by Gasteiger charge is -2.09. The summed E-state index contributed by atoms with van der Waals surface area (Å²) in [5.74, 6) is -0.783. The third-order valence-electron chi connectivity index (χ3n) is 3.68. The van der Waals surface area contributed by atoms with Crippen molar-refractivity contribution in [3.63, 3.8) is 0 Å². The number of aromatic carboxylic acids is 1. The Balaban J connectivity index is 2.09. The maximum Gasteiger partial charge on any atom is 0.259 e. The number of carbonyl (C=O) groups is 1. The van der Waals surface area contributed by atoms with Gasteiger partial charge >= 0.3 is 0 Å². The third kappa shape index (κ3) is 2.42. The topological polar surface area (TPSA) is 85.9 Å². The summed E-state index contributed by atoms with van der Waals surface area (Å²) in [4.78, 5) is 32.3. The molecule has 1 N–H and O–H groups in total. The van der Waals surface area contributed by atoms with Crippen LogP contribution in [0.2, 0.25) is 0 Å². The van der Waals surface area contributed by atoms with E-state index in [9.17, 15) is 14.7 Å². The molecule has 3 rings (SSSR count). The fourth-order valence-electron chi connectivity index (χ4n) is 2.44. The minimum atomic E-state index is -1.23. The normalized spacial score (nSPS) is 11.0. The number of hydrogen-bond donors (Lipinski definition) is 1. The highest BCUT2D eigenvalue weighted by Crippen LogP contribution is 2.26. The first-order valence-electron chi connectivity index (χ1n) is 6.75. The predicted molar refractivity (Wildman–Crippen MR) is 83.3 cm³/mol. The Morgan fingerprint density at radius 1 is 1.32 bits per heavy atom. The molecule has 0 saturated heterocycles. The molecule has 0 atom stereocenters. The Labute approximate surface area is 130 Å². The van der Waals surface area contributed by atoms with Gasteiger partial charge in [-0.2, -0.15) is 0 Å². The summed E-state index contributed by atoms with van der Waals surface area (Å²) in [6.45, 7) is 3.85. The molecule has 2 aromatic heterocycles. The largest absolute Gasteiger partial charge is 0.545 e. The standard InChI is InChI=1S/C16H14N2O3S/c1-8-9(2)22-15-13(8)14(19)17-12(18-15)7-10-5-3-4-6-11(10)16(20)21/h3-6H,7H2,1-2H3,(H,20,21)(H,17,18,19)/p-1. The molecule has 0 aliphatic rings. The molecule has 3 aromatic rings. The number of aromatic amines is 1. The second-order valence-corrected chi connectivity index (χ2v) is 6.30. The lowest BCUT2D eigenvalue weighted by Crippen LogP contribution is -2.24. The number of fused-ring (bicyclic) bond motifs is 1. The van der Waals surface area contributed by atoms with Gasteiger partial charge in [0.2, 0.25) is 0 Å². The highest BCUT2D eigenvalue weighted by molar-refractivity contribution is 7.18. The molecule has 0 bridgehead atoms. The van der Waals surface area contributed by atoms with E-state index in [1.165, 1.54) is 17.4 Å². The number of H-pyrrole nitrogens is 1. The molecular weight excluding hydrogens is 300 g/mol. The molecule has 5 nitrogen and oxygen atoms in total. The second kappa shape index (κ2) is 5.38. The van der Waals surface area contributed by atoms with E-state index in [0.29, 0.717) is 21.6 Å². The van der Waals surface area contributed by atoms with Crippen molar-refractivity contribution in [1.29, 1.82) is 0 Å². The summed E-state index contributed by atoms with van der Waals surface area (Å²) in [5, 5.41) is 11.7. The average molecular weight is 313 g/mol. The van der Waals surface area contributed by atoms with E-state index < -0.39 is 5.97 Å². The molecule has 112 valence electrons. The Bertz CT molecular complexity index is 940. The maximum absolute atomic E-state index is 12.2. The Hall–Kier alpha value is -2.47. The zero-order valence-electron chi connectivity index (χ0n) is 12.1. The van der Waals surface area contributed by atoms with Crippen LogP contribution in [0.1, 0.15) is 32.2 Å².